The van der Waals surface area contributed by atoms with Crippen LogP contribution in [0, 0.1) is 5.92 Å². The molecule has 1 heterocycles. The molecule has 0 radical (unpaired) electrons. The number of hydrogen-bond acceptors (Lipinski definition) is 4. The minimum Gasteiger partial charge on any atom is -0.383 e. The standard InChI is InChI=1S/C12H26N2O2/c1-4-14(10(2)8-15-3)7-11-9-16-6-5-12(11)13/h10-12H,4-9,13H2,1-3H3. The first-order valence-electron chi connectivity index (χ1n) is 6.25. The van der Waals surface area contributed by atoms with Crippen molar-refractivity contribution in [3.63, 3.8) is 0 Å². The monoisotopic (exact) mass is 230 g/mol. The van der Waals surface area contributed by atoms with Crippen LogP contribution in [-0.4, -0.2) is 57.0 Å². The van der Waals surface area contributed by atoms with Crippen LogP contribution in [-0.2, 0) is 9.47 Å². The Morgan fingerprint density at radius 3 is 2.88 bits per heavy atom. The predicted molar refractivity (Wildman–Crippen MR) is 65.5 cm³/mol. The van der Waals surface area contributed by atoms with Gasteiger partial charge in [-0.1, -0.05) is 6.92 Å². The Morgan fingerprint density at radius 1 is 1.56 bits per heavy atom. The zero-order valence-corrected chi connectivity index (χ0v) is 10.8. The third kappa shape index (κ3) is 4.01. The van der Waals surface area contributed by atoms with Crippen molar-refractivity contribution in [2.45, 2.75) is 32.4 Å². The van der Waals surface area contributed by atoms with Crippen molar-refractivity contribution < 1.29 is 9.47 Å². The zero-order valence-electron chi connectivity index (χ0n) is 10.8. The molecule has 0 aromatic heterocycles. The van der Waals surface area contributed by atoms with Crippen LogP contribution in [0.5, 0.6) is 0 Å². The summed E-state index contributed by atoms with van der Waals surface area (Å²) in [5, 5.41) is 0. The largest absolute Gasteiger partial charge is 0.383 e. The Balaban J connectivity index is 2.41. The first-order valence-corrected chi connectivity index (χ1v) is 6.25. The molecule has 3 atom stereocenters. The van der Waals surface area contributed by atoms with Gasteiger partial charge in [-0.05, 0) is 19.9 Å². The van der Waals surface area contributed by atoms with Gasteiger partial charge in [0.2, 0.25) is 0 Å². The SMILES string of the molecule is CCN(CC1COCCC1N)C(C)COC. The lowest BCUT2D eigenvalue weighted by atomic mass is 9.95. The van der Waals surface area contributed by atoms with Crippen molar-refractivity contribution in [1.29, 1.82) is 0 Å². The van der Waals surface area contributed by atoms with Crippen molar-refractivity contribution in [2.24, 2.45) is 11.7 Å². The summed E-state index contributed by atoms with van der Waals surface area (Å²) < 4.78 is 10.7. The first kappa shape index (κ1) is 13.9. The number of ether oxygens (including phenoxy) is 2. The third-order valence-electron chi connectivity index (χ3n) is 3.44. The van der Waals surface area contributed by atoms with E-state index >= 15 is 0 Å². The molecule has 0 bridgehead atoms. The van der Waals surface area contributed by atoms with E-state index in [0.29, 0.717) is 12.0 Å². The van der Waals surface area contributed by atoms with Gasteiger partial charge in [0.05, 0.1) is 13.2 Å². The van der Waals surface area contributed by atoms with Crippen LogP contribution in [0.3, 0.4) is 0 Å². The van der Waals surface area contributed by atoms with Gasteiger partial charge in [0.15, 0.2) is 0 Å². The fraction of sp³-hybridized carbons (Fsp3) is 1.00. The van der Waals surface area contributed by atoms with E-state index in [1.54, 1.807) is 7.11 Å². The summed E-state index contributed by atoms with van der Waals surface area (Å²) in [5.74, 6) is 0.466. The zero-order chi connectivity index (χ0) is 12.0. The molecule has 0 amide bonds. The Hall–Kier alpha value is -0.160. The highest BCUT2D eigenvalue weighted by molar-refractivity contribution is 4.80. The minimum atomic E-state index is 0.289. The second-order valence-electron chi connectivity index (χ2n) is 4.68. The molecule has 2 N–H and O–H groups in total. The molecule has 0 spiro atoms. The summed E-state index contributed by atoms with van der Waals surface area (Å²) in [7, 11) is 1.75. The van der Waals surface area contributed by atoms with Gasteiger partial charge in [-0.25, -0.2) is 0 Å². The Labute approximate surface area is 99.1 Å². The highest BCUT2D eigenvalue weighted by Crippen LogP contribution is 2.15. The molecule has 16 heavy (non-hydrogen) atoms. The van der Waals surface area contributed by atoms with Crippen LogP contribution >= 0.6 is 0 Å². The highest BCUT2D eigenvalue weighted by atomic mass is 16.5. The van der Waals surface area contributed by atoms with Gasteiger partial charge in [0.1, 0.15) is 0 Å². The Morgan fingerprint density at radius 2 is 2.31 bits per heavy atom. The fourth-order valence-corrected chi connectivity index (χ4v) is 2.27. The average Bonchev–Trinajstić information content (AvgIpc) is 2.28. The van der Waals surface area contributed by atoms with E-state index < -0.39 is 0 Å². The maximum atomic E-state index is 6.12. The quantitative estimate of drug-likeness (QED) is 0.730. The number of nitrogens with zero attached hydrogens (tertiary/aromatic N) is 1. The molecule has 4 nitrogen and oxygen atoms in total. The van der Waals surface area contributed by atoms with E-state index in [-0.39, 0.29) is 6.04 Å². The van der Waals surface area contributed by atoms with E-state index in [0.717, 1.165) is 39.3 Å². The smallest absolute Gasteiger partial charge is 0.0615 e. The van der Waals surface area contributed by atoms with Crippen molar-refractivity contribution in [2.75, 3.05) is 40.0 Å². The second kappa shape index (κ2) is 7.22. The molecule has 4 heteroatoms. The van der Waals surface area contributed by atoms with E-state index in [1.165, 1.54) is 0 Å². The van der Waals surface area contributed by atoms with Crippen LogP contribution in [0.25, 0.3) is 0 Å². The topological polar surface area (TPSA) is 47.7 Å². The van der Waals surface area contributed by atoms with Crippen LogP contribution < -0.4 is 5.73 Å². The van der Waals surface area contributed by atoms with Gasteiger partial charge in [-0.15, -0.1) is 0 Å². The molecule has 1 rings (SSSR count). The molecule has 1 fully saturated rings. The van der Waals surface area contributed by atoms with Crippen LogP contribution in [0.2, 0.25) is 0 Å². The number of rotatable bonds is 6. The highest BCUT2D eigenvalue weighted by Gasteiger charge is 2.25. The molecule has 3 unspecified atom stereocenters. The number of likely N-dealkylation sites (N-methyl/N-ethyl adjacent to an activating group) is 1. The molecule has 96 valence electrons. The van der Waals surface area contributed by atoms with E-state index in [9.17, 15) is 0 Å². The van der Waals surface area contributed by atoms with Gasteiger partial charge in [0.25, 0.3) is 0 Å². The average molecular weight is 230 g/mol. The van der Waals surface area contributed by atoms with E-state index in [4.69, 9.17) is 15.2 Å². The van der Waals surface area contributed by atoms with Crippen molar-refractivity contribution in [3.05, 3.63) is 0 Å². The van der Waals surface area contributed by atoms with Gasteiger partial charge in [0, 0.05) is 38.3 Å². The molecule has 1 saturated heterocycles. The first-order chi connectivity index (χ1) is 7.69. The van der Waals surface area contributed by atoms with Crippen LogP contribution in [0.15, 0.2) is 0 Å². The Kier molecular flexibility index (Phi) is 6.28. The minimum absolute atomic E-state index is 0.289. The molecular formula is C12H26N2O2. The number of nitrogens with two attached hydrogens (primary N) is 1. The maximum absolute atomic E-state index is 6.12. The summed E-state index contributed by atoms with van der Waals surface area (Å²) in [4.78, 5) is 2.42. The van der Waals surface area contributed by atoms with Gasteiger partial charge < -0.3 is 15.2 Å². The third-order valence-corrected chi connectivity index (χ3v) is 3.44. The summed E-state index contributed by atoms with van der Waals surface area (Å²) in [5.41, 5.74) is 6.12. The summed E-state index contributed by atoms with van der Waals surface area (Å²) >= 11 is 0. The Bertz CT molecular complexity index is 190. The maximum Gasteiger partial charge on any atom is 0.0615 e. The van der Waals surface area contributed by atoms with Gasteiger partial charge in [-0.2, -0.15) is 0 Å². The van der Waals surface area contributed by atoms with E-state index in [1.807, 2.05) is 0 Å². The fourth-order valence-electron chi connectivity index (χ4n) is 2.27. The van der Waals surface area contributed by atoms with Crippen molar-refractivity contribution >= 4 is 0 Å². The van der Waals surface area contributed by atoms with Gasteiger partial charge >= 0.3 is 0 Å². The second-order valence-corrected chi connectivity index (χ2v) is 4.68. The molecule has 0 saturated carbocycles. The molecule has 0 aromatic carbocycles. The molecule has 1 aliphatic rings. The van der Waals surface area contributed by atoms with Crippen molar-refractivity contribution in [3.8, 4) is 0 Å². The summed E-state index contributed by atoms with van der Waals surface area (Å²) in [6, 6.07) is 0.738. The van der Waals surface area contributed by atoms with Crippen LogP contribution in [0.1, 0.15) is 20.3 Å². The molecule has 0 aliphatic carbocycles. The van der Waals surface area contributed by atoms with Gasteiger partial charge in [-0.3, -0.25) is 4.90 Å². The molecule has 0 aromatic rings. The lowest BCUT2D eigenvalue weighted by Crippen LogP contribution is -2.48. The lowest BCUT2D eigenvalue weighted by Gasteiger charge is -2.35. The normalized spacial score (nSPS) is 28.3. The summed E-state index contributed by atoms with van der Waals surface area (Å²) in [6.07, 6.45) is 0.987. The summed E-state index contributed by atoms with van der Waals surface area (Å²) in [6.45, 7) is 8.82. The molecule has 1 aliphatic heterocycles. The number of hydrogen-bond donors (Lipinski definition) is 1. The number of methoxy groups -OCH3 is 1. The lowest BCUT2D eigenvalue weighted by molar-refractivity contribution is 0.0131. The van der Waals surface area contributed by atoms with E-state index in [2.05, 4.69) is 18.7 Å². The van der Waals surface area contributed by atoms with Crippen molar-refractivity contribution in [1.82, 2.24) is 4.90 Å². The predicted octanol–water partition coefficient (Wildman–Crippen LogP) is 0.707. The van der Waals surface area contributed by atoms with Crippen LogP contribution in [0.4, 0.5) is 0 Å². The molecular weight excluding hydrogens is 204 g/mol.